The summed E-state index contributed by atoms with van der Waals surface area (Å²) in [5.41, 5.74) is 3.48. The number of H-pyrrole nitrogens is 1. The molecule has 0 saturated heterocycles. The van der Waals surface area contributed by atoms with E-state index in [1.165, 1.54) is 0 Å². The molecule has 0 saturated carbocycles. The molecule has 27 heavy (non-hydrogen) atoms. The predicted octanol–water partition coefficient (Wildman–Crippen LogP) is 4.78. The molecule has 1 atom stereocenters. The van der Waals surface area contributed by atoms with Crippen molar-refractivity contribution in [1.29, 1.82) is 0 Å². The summed E-state index contributed by atoms with van der Waals surface area (Å²) < 4.78 is 0. The Bertz CT molecular complexity index is 969. The van der Waals surface area contributed by atoms with Gasteiger partial charge < -0.3 is 15.4 Å². The van der Waals surface area contributed by atoms with Gasteiger partial charge in [-0.25, -0.2) is 9.98 Å². The molecule has 2 aromatic heterocycles. The van der Waals surface area contributed by atoms with Crippen molar-refractivity contribution in [2.45, 2.75) is 13.0 Å². The third kappa shape index (κ3) is 4.30. The first-order valence-corrected chi connectivity index (χ1v) is 8.02. The van der Waals surface area contributed by atoms with Crippen LogP contribution in [-0.2, 0) is 0 Å². The lowest BCUT2D eigenvalue weighted by atomic mass is 10.1. The van der Waals surface area contributed by atoms with Gasteiger partial charge in [0.25, 0.3) is 0 Å². The molecule has 0 amide bonds. The summed E-state index contributed by atoms with van der Waals surface area (Å²) in [7, 11) is 0. The van der Waals surface area contributed by atoms with Crippen LogP contribution in [0.2, 0.25) is 0 Å². The second kappa shape index (κ2) is 8.70. The first kappa shape index (κ1) is 20.5. The van der Waals surface area contributed by atoms with Gasteiger partial charge in [-0.05, 0) is 30.7 Å². The molecule has 0 bridgehead atoms. The van der Waals surface area contributed by atoms with E-state index in [2.05, 4.69) is 25.3 Å². The first-order chi connectivity index (χ1) is 12.2. The van der Waals surface area contributed by atoms with Gasteiger partial charge in [-0.15, -0.1) is 24.8 Å². The van der Waals surface area contributed by atoms with E-state index in [0.717, 1.165) is 16.7 Å². The van der Waals surface area contributed by atoms with Crippen molar-refractivity contribution in [1.82, 2.24) is 15.0 Å². The molecule has 8 heteroatoms. The number of nitrogens with one attached hydrogen (secondary N) is 2. The van der Waals surface area contributed by atoms with Crippen molar-refractivity contribution in [3.63, 3.8) is 0 Å². The Kier molecular flexibility index (Phi) is 6.60. The fourth-order valence-corrected chi connectivity index (χ4v) is 2.77. The molecule has 3 N–H and O–H groups in total. The highest BCUT2D eigenvalue weighted by Gasteiger charge is 2.15. The minimum Gasteiger partial charge on any atom is -0.492 e. The van der Waals surface area contributed by atoms with E-state index >= 15 is 0 Å². The third-order valence-corrected chi connectivity index (χ3v) is 4.09. The van der Waals surface area contributed by atoms with Gasteiger partial charge in [-0.1, -0.05) is 30.3 Å². The Morgan fingerprint density at radius 2 is 1.89 bits per heavy atom. The number of rotatable bonds is 4. The molecule has 0 aliphatic carbocycles. The minimum absolute atomic E-state index is 0. The second-order valence-electron chi connectivity index (χ2n) is 5.83. The minimum atomic E-state index is -0.0546. The molecule has 0 radical (unpaired) electrons. The molecule has 6 nitrogen and oxygen atoms in total. The summed E-state index contributed by atoms with van der Waals surface area (Å²) in [5, 5.41) is 13.4. The van der Waals surface area contributed by atoms with Crippen LogP contribution in [0.1, 0.15) is 29.8 Å². The Hall–Kier alpha value is -2.83. The lowest BCUT2D eigenvalue weighted by molar-refractivity contribution is 0.455. The lowest BCUT2D eigenvalue weighted by Gasteiger charge is -2.12. The number of benzene rings is 1. The van der Waals surface area contributed by atoms with E-state index in [1.807, 2.05) is 55.5 Å². The lowest BCUT2D eigenvalue weighted by Crippen LogP contribution is -2.07. The average Bonchev–Trinajstić information content (AvgIpc) is 3.20. The number of pyridine rings is 1. The van der Waals surface area contributed by atoms with E-state index in [-0.39, 0.29) is 36.7 Å². The molecular weight excluding hydrogens is 385 g/mol. The van der Waals surface area contributed by atoms with Crippen LogP contribution in [0.15, 0.2) is 53.7 Å². The molecule has 3 heterocycles. The number of aliphatic imine (C=N–C) groups is 1. The molecule has 1 aromatic carbocycles. The van der Waals surface area contributed by atoms with E-state index in [4.69, 9.17) is 0 Å². The second-order valence-corrected chi connectivity index (χ2v) is 5.83. The summed E-state index contributed by atoms with van der Waals surface area (Å²) in [6, 6.07) is 13.9. The van der Waals surface area contributed by atoms with E-state index in [9.17, 15) is 5.11 Å². The van der Waals surface area contributed by atoms with Crippen molar-refractivity contribution < 1.29 is 5.11 Å². The quantitative estimate of drug-likeness (QED) is 0.584. The standard InChI is InChI=1S/C19H17N5O.2ClH/c1-12(13-6-3-2-4-7-13)22-19-23-16(18(25)24-19)10-14-11-21-17-15(14)8-5-9-20-17;;/h2-12,25H,1H3,(H2,22,23,24);2*1H/b14-10+;;. The van der Waals surface area contributed by atoms with E-state index < -0.39 is 0 Å². The van der Waals surface area contributed by atoms with Gasteiger partial charge in [-0.2, -0.15) is 4.98 Å². The molecule has 0 fully saturated rings. The maximum absolute atomic E-state index is 10.1. The van der Waals surface area contributed by atoms with Crippen molar-refractivity contribution in [3.05, 3.63) is 65.5 Å². The number of hydrogen-bond donors (Lipinski definition) is 3. The fraction of sp³-hybridized carbons (Fsp3) is 0.105. The Balaban J connectivity index is 0.00000131. The maximum atomic E-state index is 10.1. The third-order valence-electron chi connectivity index (χ3n) is 4.09. The van der Waals surface area contributed by atoms with Crippen molar-refractivity contribution >= 4 is 54.4 Å². The molecule has 4 rings (SSSR count). The van der Waals surface area contributed by atoms with E-state index in [0.29, 0.717) is 17.5 Å². The van der Waals surface area contributed by atoms with Gasteiger partial charge >= 0.3 is 0 Å². The zero-order valence-electron chi connectivity index (χ0n) is 14.5. The zero-order chi connectivity index (χ0) is 17.2. The molecule has 3 aromatic rings. The molecule has 0 spiro atoms. The number of imidazole rings is 1. The summed E-state index contributed by atoms with van der Waals surface area (Å²) >= 11 is 0. The van der Waals surface area contributed by atoms with Crippen LogP contribution < -0.4 is 5.32 Å². The van der Waals surface area contributed by atoms with Gasteiger partial charge in [0, 0.05) is 23.5 Å². The van der Waals surface area contributed by atoms with E-state index in [1.54, 1.807) is 12.4 Å². The van der Waals surface area contributed by atoms with Gasteiger partial charge in [0.1, 0.15) is 5.69 Å². The van der Waals surface area contributed by atoms with Gasteiger partial charge in [-0.3, -0.25) is 0 Å². The number of anilines is 1. The van der Waals surface area contributed by atoms with Crippen LogP contribution in [0.25, 0.3) is 11.6 Å². The summed E-state index contributed by atoms with van der Waals surface area (Å²) in [6.07, 6.45) is 5.26. The van der Waals surface area contributed by atoms with Gasteiger partial charge in [0.05, 0.1) is 6.04 Å². The van der Waals surface area contributed by atoms with Crippen LogP contribution in [0.3, 0.4) is 0 Å². The van der Waals surface area contributed by atoms with Gasteiger partial charge in [0.2, 0.25) is 11.8 Å². The normalized spacial score (nSPS) is 14.2. The highest BCUT2D eigenvalue weighted by molar-refractivity contribution is 6.20. The number of halogens is 2. The molecule has 1 aliphatic rings. The number of aromatic nitrogens is 3. The number of nitrogens with zero attached hydrogens (tertiary/aromatic N) is 3. The number of hydrogen-bond acceptors (Lipinski definition) is 5. The Morgan fingerprint density at radius 1 is 1.11 bits per heavy atom. The number of aromatic hydroxyl groups is 1. The van der Waals surface area contributed by atoms with Crippen molar-refractivity contribution in [3.8, 4) is 5.88 Å². The SMILES string of the molecule is CC(Nc1nc(O)c(/C=C2\C=Nc3ncccc32)[nH]1)c1ccccc1.Cl.Cl. The Morgan fingerprint density at radius 3 is 2.67 bits per heavy atom. The first-order valence-electron chi connectivity index (χ1n) is 8.02. The van der Waals surface area contributed by atoms with Gasteiger partial charge in [0.15, 0.2) is 5.82 Å². The monoisotopic (exact) mass is 403 g/mol. The van der Waals surface area contributed by atoms with Crippen molar-refractivity contribution in [2.75, 3.05) is 5.32 Å². The van der Waals surface area contributed by atoms with Crippen LogP contribution in [0.5, 0.6) is 5.88 Å². The average molecular weight is 404 g/mol. The number of aromatic amines is 1. The summed E-state index contributed by atoms with van der Waals surface area (Å²) in [4.78, 5) is 15.7. The highest BCUT2D eigenvalue weighted by atomic mass is 35.5. The van der Waals surface area contributed by atoms with Crippen LogP contribution in [-0.4, -0.2) is 26.3 Å². The number of allylic oxidation sites excluding steroid dienone is 1. The molecule has 1 unspecified atom stereocenters. The fourth-order valence-electron chi connectivity index (χ4n) is 2.77. The van der Waals surface area contributed by atoms with Crippen LogP contribution >= 0.6 is 24.8 Å². The van der Waals surface area contributed by atoms with Crippen LogP contribution in [0, 0.1) is 0 Å². The molecular formula is C19H19Cl2N5O. The zero-order valence-corrected chi connectivity index (χ0v) is 16.1. The van der Waals surface area contributed by atoms with Crippen molar-refractivity contribution in [2.24, 2.45) is 4.99 Å². The largest absolute Gasteiger partial charge is 0.492 e. The highest BCUT2D eigenvalue weighted by Crippen LogP contribution is 2.31. The molecule has 1 aliphatic heterocycles. The Labute approximate surface area is 169 Å². The topological polar surface area (TPSA) is 86.2 Å². The summed E-state index contributed by atoms with van der Waals surface area (Å²) in [5.74, 6) is 1.15. The smallest absolute Gasteiger partial charge is 0.238 e. The summed E-state index contributed by atoms with van der Waals surface area (Å²) in [6.45, 7) is 2.04. The molecule has 140 valence electrons. The predicted molar refractivity (Wildman–Crippen MR) is 113 cm³/mol. The maximum Gasteiger partial charge on any atom is 0.238 e. The van der Waals surface area contributed by atoms with Crippen LogP contribution in [0.4, 0.5) is 11.8 Å². The number of fused-ring (bicyclic) bond motifs is 1.